The average molecular weight is 223 g/mol. The molecular formula is C14H25NO. The Morgan fingerprint density at radius 1 is 1.12 bits per heavy atom. The summed E-state index contributed by atoms with van der Waals surface area (Å²) in [5, 5.41) is 0. The maximum absolute atomic E-state index is 11.5. The number of ketones is 1. The molecule has 0 aliphatic heterocycles. The highest BCUT2D eigenvalue weighted by Crippen LogP contribution is 2.31. The third-order valence-electron chi connectivity index (χ3n) is 4.62. The number of rotatable bonds is 2. The second kappa shape index (κ2) is 5.31. The zero-order valence-corrected chi connectivity index (χ0v) is 10.7. The van der Waals surface area contributed by atoms with Crippen molar-refractivity contribution in [3.63, 3.8) is 0 Å². The van der Waals surface area contributed by atoms with Gasteiger partial charge in [-0.05, 0) is 38.6 Å². The third-order valence-corrected chi connectivity index (χ3v) is 4.62. The van der Waals surface area contributed by atoms with E-state index >= 15 is 0 Å². The topological polar surface area (TPSA) is 20.3 Å². The maximum atomic E-state index is 11.5. The number of Topliss-reactive ketones (excluding diaryl/α,β-unsaturated/α-hetero) is 1. The van der Waals surface area contributed by atoms with E-state index in [2.05, 4.69) is 18.9 Å². The highest BCUT2D eigenvalue weighted by atomic mass is 16.1. The van der Waals surface area contributed by atoms with Crippen molar-refractivity contribution in [3.8, 4) is 0 Å². The molecule has 2 rings (SSSR count). The summed E-state index contributed by atoms with van der Waals surface area (Å²) in [6, 6.07) is 1.26. The summed E-state index contributed by atoms with van der Waals surface area (Å²) in [6.45, 7) is 2.38. The molecule has 2 heteroatoms. The van der Waals surface area contributed by atoms with Gasteiger partial charge in [-0.1, -0.05) is 19.8 Å². The van der Waals surface area contributed by atoms with E-state index in [1.54, 1.807) is 0 Å². The Bertz CT molecular complexity index is 251. The summed E-state index contributed by atoms with van der Waals surface area (Å²) in [5.41, 5.74) is 0. The fourth-order valence-electron chi connectivity index (χ4n) is 3.52. The van der Waals surface area contributed by atoms with Crippen LogP contribution < -0.4 is 0 Å². The fraction of sp³-hybridized carbons (Fsp3) is 0.929. The second-order valence-corrected chi connectivity index (χ2v) is 5.78. The lowest BCUT2D eigenvalue weighted by molar-refractivity contribution is -0.122. The lowest BCUT2D eigenvalue weighted by Crippen LogP contribution is -2.46. The predicted molar refractivity (Wildman–Crippen MR) is 66.4 cm³/mol. The fourth-order valence-corrected chi connectivity index (χ4v) is 3.52. The van der Waals surface area contributed by atoms with Crippen molar-refractivity contribution in [1.82, 2.24) is 4.90 Å². The molecule has 2 saturated carbocycles. The van der Waals surface area contributed by atoms with Gasteiger partial charge in [0.05, 0.1) is 0 Å². The van der Waals surface area contributed by atoms with Gasteiger partial charge in [-0.15, -0.1) is 0 Å². The van der Waals surface area contributed by atoms with Crippen molar-refractivity contribution in [3.05, 3.63) is 0 Å². The molecule has 16 heavy (non-hydrogen) atoms. The van der Waals surface area contributed by atoms with Crippen LogP contribution in [0.3, 0.4) is 0 Å². The molecule has 3 atom stereocenters. The van der Waals surface area contributed by atoms with Gasteiger partial charge in [0.2, 0.25) is 0 Å². The summed E-state index contributed by atoms with van der Waals surface area (Å²) in [7, 11) is 2.25. The van der Waals surface area contributed by atoms with Crippen LogP contribution in [0.15, 0.2) is 0 Å². The maximum Gasteiger partial charge on any atom is 0.134 e. The second-order valence-electron chi connectivity index (χ2n) is 5.78. The summed E-state index contributed by atoms with van der Waals surface area (Å²) < 4.78 is 0. The van der Waals surface area contributed by atoms with E-state index in [1.165, 1.54) is 32.1 Å². The first kappa shape index (κ1) is 12.1. The van der Waals surface area contributed by atoms with Crippen LogP contribution in [0, 0.1) is 5.92 Å². The Morgan fingerprint density at radius 2 is 1.88 bits per heavy atom. The Morgan fingerprint density at radius 3 is 2.56 bits per heavy atom. The Kier molecular flexibility index (Phi) is 4.01. The minimum atomic E-state index is 0.478. The molecule has 0 aromatic rings. The molecule has 0 N–H and O–H groups in total. The first-order chi connectivity index (χ1) is 7.68. The largest absolute Gasteiger partial charge is 0.300 e. The molecule has 0 spiro atoms. The van der Waals surface area contributed by atoms with Crippen LogP contribution in [0.1, 0.15) is 58.3 Å². The Hall–Kier alpha value is -0.370. The summed E-state index contributed by atoms with van der Waals surface area (Å²) in [6.07, 6.45) is 9.44. The first-order valence-electron chi connectivity index (χ1n) is 6.92. The molecule has 2 aliphatic carbocycles. The molecule has 2 nitrogen and oxygen atoms in total. The van der Waals surface area contributed by atoms with Crippen LogP contribution in [0.4, 0.5) is 0 Å². The van der Waals surface area contributed by atoms with Gasteiger partial charge >= 0.3 is 0 Å². The first-order valence-corrected chi connectivity index (χ1v) is 6.92. The van der Waals surface area contributed by atoms with Crippen molar-refractivity contribution < 1.29 is 4.79 Å². The molecule has 2 aliphatic rings. The molecular weight excluding hydrogens is 198 g/mol. The van der Waals surface area contributed by atoms with Gasteiger partial charge in [-0.2, -0.15) is 0 Å². The molecule has 0 heterocycles. The highest BCUT2D eigenvalue weighted by Gasteiger charge is 2.31. The molecule has 0 bridgehead atoms. The van der Waals surface area contributed by atoms with E-state index in [0.717, 1.165) is 31.2 Å². The minimum Gasteiger partial charge on any atom is -0.300 e. The van der Waals surface area contributed by atoms with E-state index < -0.39 is 0 Å². The van der Waals surface area contributed by atoms with Crippen molar-refractivity contribution in [2.75, 3.05) is 7.05 Å². The molecule has 0 aromatic carbocycles. The van der Waals surface area contributed by atoms with Crippen LogP contribution in [0.2, 0.25) is 0 Å². The van der Waals surface area contributed by atoms with E-state index in [1.807, 2.05) is 0 Å². The molecule has 0 radical (unpaired) electrons. The number of carbonyl (C=O) groups excluding carboxylic acids is 1. The molecule has 0 saturated heterocycles. The number of hydrogen-bond donors (Lipinski definition) is 0. The van der Waals surface area contributed by atoms with E-state index in [4.69, 9.17) is 0 Å². The molecule has 3 unspecified atom stereocenters. The predicted octanol–water partition coefficient (Wildman–Crippen LogP) is 3.01. The zero-order chi connectivity index (χ0) is 11.5. The van der Waals surface area contributed by atoms with Gasteiger partial charge in [-0.3, -0.25) is 9.69 Å². The molecule has 0 amide bonds. The quantitative estimate of drug-likeness (QED) is 0.717. The zero-order valence-electron chi connectivity index (χ0n) is 10.7. The SMILES string of the molecule is CC1CCCCC1N(C)C1CCCC(=O)C1. The van der Waals surface area contributed by atoms with E-state index in [9.17, 15) is 4.79 Å². The summed E-state index contributed by atoms with van der Waals surface area (Å²) in [5.74, 6) is 1.29. The van der Waals surface area contributed by atoms with Gasteiger partial charge in [-0.25, -0.2) is 0 Å². The standard InChI is InChI=1S/C14H25NO/c1-11-6-3-4-9-14(11)15(2)12-7-5-8-13(16)10-12/h11-12,14H,3-10H2,1-2H3. The Labute approximate surface area is 99.4 Å². The van der Waals surface area contributed by atoms with Gasteiger partial charge < -0.3 is 0 Å². The van der Waals surface area contributed by atoms with Crippen LogP contribution in [-0.4, -0.2) is 29.8 Å². The number of carbonyl (C=O) groups is 1. The van der Waals surface area contributed by atoms with Gasteiger partial charge in [0.25, 0.3) is 0 Å². The smallest absolute Gasteiger partial charge is 0.134 e. The van der Waals surface area contributed by atoms with E-state index in [-0.39, 0.29) is 0 Å². The van der Waals surface area contributed by atoms with Crippen LogP contribution >= 0.6 is 0 Å². The molecule has 92 valence electrons. The van der Waals surface area contributed by atoms with Crippen LogP contribution in [-0.2, 0) is 4.79 Å². The van der Waals surface area contributed by atoms with Gasteiger partial charge in [0.1, 0.15) is 5.78 Å². The number of nitrogens with zero attached hydrogens (tertiary/aromatic N) is 1. The van der Waals surface area contributed by atoms with Crippen molar-refractivity contribution in [2.24, 2.45) is 5.92 Å². The van der Waals surface area contributed by atoms with E-state index in [0.29, 0.717) is 11.8 Å². The average Bonchev–Trinajstić information content (AvgIpc) is 2.29. The summed E-state index contributed by atoms with van der Waals surface area (Å²) in [4.78, 5) is 14.0. The lowest BCUT2D eigenvalue weighted by atomic mass is 9.83. The molecule has 0 aromatic heterocycles. The third kappa shape index (κ3) is 2.65. The Balaban J connectivity index is 1.94. The van der Waals surface area contributed by atoms with Gasteiger partial charge in [0, 0.05) is 24.9 Å². The highest BCUT2D eigenvalue weighted by molar-refractivity contribution is 5.79. The number of hydrogen-bond acceptors (Lipinski definition) is 2. The van der Waals surface area contributed by atoms with Gasteiger partial charge in [0.15, 0.2) is 0 Å². The monoisotopic (exact) mass is 223 g/mol. The molecule has 2 fully saturated rings. The lowest BCUT2D eigenvalue weighted by Gasteiger charge is -2.41. The van der Waals surface area contributed by atoms with Crippen molar-refractivity contribution >= 4 is 5.78 Å². The van der Waals surface area contributed by atoms with Crippen molar-refractivity contribution in [2.45, 2.75) is 70.4 Å². The van der Waals surface area contributed by atoms with Crippen molar-refractivity contribution in [1.29, 1.82) is 0 Å². The normalized spacial score (nSPS) is 36.7. The minimum absolute atomic E-state index is 0.478. The van der Waals surface area contributed by atoms with Crippen LogP contribution in [0.25, 0.3) is 0 Å². The van der Waals surface area contributed by atoms with Crippen LogP contribution in [0.5, 0.6) is 0 Å². The summed E-state index contributed by atoms with van der Waals surface area (Å²) >= 11 is 0.